The van der Waals surface area contributed by atoms with Crippen LogP contribution >= 0.6 is 0 Å². The number of carbonyl (C=O) groups is 4. The van der Waals surface area contributed by atoms with Crippen molar-refractivity contribution >= 4 is 23.6 Å². The second-order valence-corrected chi connectivity index (χ2v) is 13.0. The van der Waals surface area contributed by atoms with Crippen LogP contribution in [-0.4, -0.2) is 83.9 Å². The molecule has 0 fully saturated rings. The quantitative estimate of drug-likeness (QED) is 0.176. The molecule has 52 heavy (non-hydrogen) atoms. The number of nitrogens with zero attached hydrogens (tertiary/aromatic N) is 2. The lowest BCUT2D eigenvalue weighted by molar-refractivity contribution is -0.133. The molecule has 3 aliphatic heterocycles. The van der Waals surface area contributed by atoms with Crippen LogP contribution in [0.3, 0.4) is 0 Å². The summed E-state index contributed by atoms with van der Waals surface area (Å²) in [5, 5.41) is 14.8. The third-order valence-corrected chi connectivity index (χ3v) is 9.48. The van der Waals surface area contributed by atoms with Crippen LogP contribution in [-0.2, 0) is 28.9 Å². The van der Waals surface area contributed by atoms with Crippen LogP contribution in [0, 0.1) is 0 Å². The summed E-state index contributed by atoms with van der Waals surface area (Å²) in [5.41, 5.74) is 3.35. The smallest absolute Gasteiger partial charge is 0.261 e. The Morgan fingerprint density at radius 2 is 1.29 bits per heavy atom. The first-order chi connectivity index (χ1) is 25.3. The fourth-order valence-corrected chi connectivity index (χ4v) is 6.62. The number of benzene rings is 4. The summed E-state index contributed by atoms with van der Waals surface area (Å²) >= 11 is 0. The van der Waals surface area contributed by atoms with Crippen LogP contribution in [0.15, 0.2) is 91.0 Å². The molecule has 7 rings (SSSR count). The van der Waals surface area contributed by atoms with E-state index in [9.17, 15) is 24.3 Å². The molecule has 268 valence electrons. The van der Waals surface area contributed by atoms with Gasteiger partial charge in [-0.15, -0.1) is 0 Å². The molecule has 12 nitrogen and oxygen atoms in total. The molecule has 0 bridgehead atoms. The summed E-state index contributed by atoms with van der Waals surface area (Å²) in [7, 11) is 0. The molecule has 12 heteroatoms. The fourth-order valence-electron chi connectivity index (χ4n) is 6.62. The van der Waals surface area contributed by atoms with E-state index in [1.807, 2.05) is 66.7 Å². The van der Waals surface area contributed by atoms with Crippen molar-refractivity contribution in [1.82, 2.24) is 15.1 Å². The number of hydrogen-bond acceptors (Lipinski definition) is 9. The van der Waals surface area contributed by atoms with E-state index in [2.05, 4.69) is 5.32 Å². The first kappa shape index (κ1) is 34.6. The van der Waals surface area contributed by atoms with Gasteiger partial charge in [0.15, 0.2) is 23.0 Å². The van der Waals surface area contributed by atoms with E-state index in [0.717, 1.165) is 21.6 Å². The van der Waals surface area contributed by atoms with Crippen molar-refractivity contribution in [2.45, 2.75) is 44.2 Å². The summed E-state index contributed by atoms with van der Waals surface area (Å²) in [4.78, 5) is 55.8. The van der Waals surface area contributed by atoms with Crippen LogP contribution in [0.4, 0.5) is 0 Å². The number of aliphatic hydroxyl groups is 1. The van der Waals surface area contributed by atoms with Crippen LogP contribution in [0.1, 0.15) is 50.2 Å². The predicted octanol–water partition coefficient (Wildman–Crippen LogP) is 3.92. The van der Waals surface area contributed by atoms with Gasteiger partial charge in [-0.2, -0.15) is 0 Å². The Kier molecular flexibility index (Phi) is 10.3. The second kappa shape index (κ2) is 15.6. The molecule has 0 spiro atoms. The normalized spacial score (nSPS) is 15.0. The standard InChI is InChI=1S/C40H39N3O9/c44-32(31(20-26-6-2-1-3-7-26)41-37(45)15-12-27-10-13-33-35(21-27)51-24-49-33)23-42(18-16-28-11-14-34-36(22-28)52-25-50-34)38(46)17-19-43-39(47)29-8-4-5-9-30(29)40(43)48/h1-11,13-14,21-22,31-32,44H,12,15-20,23-25H2,(H,41,45)/t31-,32?/m0/s1. The van der Waals surface area contributed by atoms with Crippen molar-refractivity contribution in [3.05, 3.63) is 119 Å². The number of ether oxygens (including phenoxy) is 4. The largest absolute Gasteiger partial charge is 0.454 e. The third kappa shape index (κ3) is 7.87. The number of aryl methyl sites for hydroxylation is 1. The lowest BCUT2D eigenvalue weighted by Gasteiger charge is -2.31. The fraction of sp³-hybridized carbons (Fsp3) is 0.300. The Hall–Kier alpha value is -5.88. The maximum absolute atomic E-state index is 13.9. The van der Waals surface area contributed by atoms with Gasteiger partial charge in [0, 0.05) is 32.5 Å². The maximum atomic E-state index is 13.9. The molecule has 4 aromatic rings. The van der Waals surface area contributed by atoms with E-state index in [1.54, 1.807) is 24.3 Å². The average molecular weight is 706 g/mol. The van der Waals surface area contributed by atoms with Gasteiger partial charge in [-0.3, -0.25) is 24.1 Å². The highest BCUT2D eigenvalue weighted by Crippen LogP contribution is 2.34. The van der Waals surface area contributed by atoms with Gasteiger partial charge in [0.2, 0.25) is 25.4 Å². The highest BCUT2D eigenvalue weighted by atomic mass is 16.7. The van der Waals surface area contributed by atoms with Gasteiger partial charge in [-0.1, -0.05) is 54.6 Å². The van der Waals surface area contributed by atoms with Crippen molar-refractivity contribution in [2.75, 3.05) is 33.2 Å². The average Bonchev–Trinajstić information content (AvgIpc) is 3.89. The molecular formula is C40H39N3O9. The maximum Gasteiger partial charge on any atom is 0.261 e. The number of nitrogens with one attached hydrogen (secondary N) is 1. The number of rotatable bonds is 15. The van der Waals surface area contributed by atoms with Crippen LogP contribution in [0.25, 0.3) is 0 Å². The van der Waals surface area contributed by atoms with E-state index < -0.39 is 24.0 Å². The molecule has 0 radical (unpaired) electrons. The van der Waals surface area contributed by atoms with Crippen molar-refractivity contribution in [3.63, 3.8) is 0 Å². The Balaban J connectivity index is 1.05. The molecule has 3 heterocycles. The molecule has 0 saturated carbocycles. The van der Waals surface area contributed by atoms with E-state index in [0.29, 0.717) is 53.4 Å². The topological polar surface area (TPSA) is 144 Å². The van der Waals surface area contributed by atoms with Gasteiger partial charge >= 0.3 is 0 Å². The highest BCUT2D eigenvalue weighted by molar-refractivity contribution is 6.21. The molecule has 4 amide bonds. The van der Waals surface area contributed by atoms with Crippen LogP contribution in [0.5, 0.6) is 23.0 Å². The van der Waals surface area contributed by atoms with E-state index >= 15 is 0 Å². The van der Waals surface area contributed by atoms with Crippen molar-refractivity contribution in [2.24, 2.45) is 0 Å². The Bertz CT molecular complexity index is 1930. The minimum Gasteiger partial charge on any atom is -0.454 e. The summed E-state index contributed by atoms with van der Waals surface area (Å²) in [6.45, 7) is 0.334. The molecule has 3 aliphatic rings. The number of hydrogen-bond donors (Lipinski definition) is 2. The number of imide groups is 1. The minimum atomic E-state index is -1.14. The summed E-state index contributed by atoms with van der Waals surface area (Å²) in [6, 6.07) is 26.5. The number of carbonyl (C=O) groups excluding carboxylic acids is 4. The first-order valence-corrected chi connectivity index (χ1v) is 17.3. The van der Waals surface area contributed by atoms with Crippen molar-refractivity contribution in [3.8, 4) is 23.0 Å². The van der Waals surface area contributed by atoms with Crippen LogP contribution in [0.2, 0.25) is 0 Å². The lowest BCUT2D eigenvalue weighted by Crippen LogP contribution is -2.51. The van der Waals surface area contributed by atoms with Crippen LogP contribution < -0.4 is 24.3 Å². The molecule has 0 aliphatic carbocycles. The Morgan fingerprint density at radius 3 is 1.92 bits per heavy atom. The second-order valence-electron chi connectivity index (χ2n) is 13.0. The third-order valence-electron chi connectivity index (χ3n) is 9.48. The van der Waals surface area contributed by atoms with Gasteiger partial charge in [-0.25, -0.2) is 0 Å². The van der Waals surface area contributed by atoms with Gasteiger partial charge in [0.05, 0.1) is 23.3 Å². The molecule has 0 saturated heterocycles. The van der Waals surface area contributed by atoms with Gasteiger partial charge < -0.3 is 34.3 Å². The lowest BCUT2D eigenvalue weighted by atomic mass is 9.99. The molecule has 4 aromatic carbocycles. The summed E-state index contributed by atoms with van der Waals surface area (Å²) in [5.74, 6) is 1.10. The van der Waals surface area contributed by atoms with E-state index in [1.165, 1.54) is 4.90 Å². The summed E-state index contributed by atoms with van der Waals surface area (Å²) < 4.78 is 21.8. The van der Waals surface area contributed by atoms with Crippen molar-refractivity contribution < 1.29 is 43.2 Å². The highest BCUT2D eigenvalue weighted by Gasteiger charge is 2.36. The van der Waals surface area contributed by atoms with Gasteiger partial charge in [0.25, 0.3) is 11.8 Å². The van der Waals surface area contributed by atoms with Gasteiger partial charge in [0.1, 0.15) is 0 Å². The van der Waals surface area contributed by atoms with Crippen molar-refractivity contribution in [1.29, 1.82) is 0 Å². The predicted molar refractivity (Wildman–Crippen MR) is 188 cm³/mol. The molecule has 1 unspecified atom stereocenters. The zero-order valence-corrected chi connectivity index (χ0v) is 28.5. The first-order valence-electron chi connectivity index (χ1n) is 17.3. The monoisotopic (exact) mass is 705 g/mol. The molecule has 2 atom stereocenters. The minimum absolute atomic E-state index is 0.0918. The Labute approximate surface area is 300 Å². The molecule has 0 aromatic heterocycles. The number of fused-ring (bicyclic) bond motifs is 3. The van der Waals surface area contributed by atoms with Gasteiger partial charge in [-0.05, 0) is 72.4 Å². The summed E-state index contributed by atoms with van der Waals surface area (Å²) in [6.07, 6.45) is 0.114. The number of aliphatic hydroxyl groups excluding tert-OH is 1. The number of amides is 4. The van der Waals surface area contributed by atoms with E-state index in [4.69, 9.17) is 18.9 Å². The Morgan fingerprint density at radius 1 is 0.712 bits per heavy atom. The van der Waals surface area contributed by atoms with E-state index in [-0.39, 0.29) is 57.9 Å². The zero-order valence-electron chi connectivity index (χ0n) is 28.5. The SMILES string of the molecule is O=C(CCc1ccc2c(c1)OCO2)N[C@@H](Cc1ccccc1)C(O)CN(CCc1ccc2c(c1)OCO2)C(=O)CCN1C(=O)c2ccccc2C1=O. The zero-order chi connectivity index (χ0) is 36.0. The molecule has 2 N–H and O–H groups in total. The molecular weight excluding hydrogens is 666 g/mol.